The summed E-state index contributed by atoms with van der Waals surface area (Å²) in [5.74, 6) is 0. The van der Waals surface area contributed by atoms with Gasteiger partial charge in [0.05, 0.1) is 35.5 Å². The maximum absolute atomic E-state index is 12.8. The molecule has 0 fully saturated rings. The molecule has 1 atom stereocenters. The fourth-order valence-corrected chi connectivity index (χ4v) is 2.86. The lowest BCUT2D eigenvalue weighted by molar-refractivity contribution is 0.419. The zero-order valence-electron chi connectivity index (χ0n) is 13.4. The van der Waals surface area contributed by atoms with E-state index < -0.39 is 0 Å². The van der Waals surface area contributed by atoms with E-state index in [-0.39, 0.29) is 11.6 Å². The van der Waals surface area contributed by atoms with E-state index in [9.17, 15) is 4.79 Å². The summed E-state index contributed by atoms with van der Waals surface area (Å²) >= 11 is 0. The predicted molar refractivity (Wildman–Crippen MR) is 87.2 cm³/mol. The third-order valence-corrected chi connectivity index (χ3v) is 4.04. The number of benzene rings is 1. The van der Waals surface area contributed by atoms with Gasteiger partial charge in [-0.25, -0.2) is 4.98 Å². The number of rotatable bonds is 3. The largest absolute Gasteiger partial charge is 0.294 e. The molecular formula is C17H20N4O. The molecule has 0 saturated carbocycles. The van der Waals surface area contributed by atoms with E-state index in [0.29, 0.717) is 11.9 Å². The first-order chi connectivity index (χ1) is 10.5. The second-order valence-electron chi connectivity index (χ2n) is 5.88. The van der Waals surface area contributed by atoms with Crippen LogP contribution >= 0.6 is 0 Å². The quantitative estimate of drug-likeness (QED) is 0.747. The number of aromatic nitrogens is 4. The number of nitrogens with zero attached hydrogens (tertiary/aromatic N) is 4. The van der Waals surface area contributed by atoms with Crippen molar-refractivity contribution in [2.75, 3.05) is 0 Å². The molecule has 5 heteroatoms. The topological polar surface area (TPSA) is 52.7 Å². The summed E-state index contributed by atoms with van der Waals surface area (Å²) in [6.07, 6.45) is 1.64. The second kappa shape index (κ2) is 5.40. The number of hydrogen-bond acceptors (Lipinski definition) is 3. The van der Waals surface area contributed by atoms with Gasteiger partial charge < -0.3 is 0 Å². The molecule has 2 heterocycles. The van der Waals surface area contributed by atoms with Gasteiger partial charge in [-0.1, -0.05) is 12.1 Å². The Morgan fingerprint density at radius 2 is 2.00 bits per heavy atom. The summed E-state index contributed by atoms with van der Waals surface area (Å²) in [7, 11) is 0. The van der Waals surface area contributed by atoms with Crippen molar-refractivity contribution in [1.82, 2.24) is 19.3 Å². The summed E-state index contributed by atoms with van der Waals surface area (Å²) in [5, 5.41) is 5.17. The van der Waals surface area contributed by atoms with E-state index in [1.807, 2.05) is 56.6 Å². The van der Waals surface area contributed by atoms with Crippen molar-refractivity contribution >= 4 is 10.9 Å². The third kappa shape index (κ3) is 2.43. The second-order valence-corrected chi connectivity index (χ2v) is 5.88. The summed E-state index contributed by atoms with van der Waals surface area (Å²) < 4.78 is 3.64. The molecule has 3 rings (SSSR count). The predicted octanol–water partition coefficient (Wildman–Crippen LogP) is 2.78. The minimum absolute atomic E-state index is 0.0112. The Balaban J connectivity index is 2.03. The fraction of sp³-hybridized carbons (Fsp3) is 0.353. The van der Waals surface area contributed by atoms with Crippen molar-refractivity contribution < 1.29 is 0 Å². The lowest BCUT2D eigenvalue weighted by Gasteiger charge is -2.16. The molecule has 0 aliphatic carbocycles. The Morgan fingerprint density at radius 1 is 1.23 bits per heavy atom. The Hall–Kier alpha value is -2.43. The van der Waals surface area contributed by atoms with Gasteiger partial charge in [0, 0.05) is 5.69 Å². The van der Waals surface area contributed by atoms with Crippen molar-refractivity contribution in [3.63, 3.8) is 0 Å². The maximum atomic E-state index is 12.8. The highest BCUT2D eigenvalue weighted by molar-refractivity contribution is 5.80. The van der Waals surface area contributed by atoms with E-state index in [0.717, 1.165) is 22.5 Å². The van der Waals surface area contributed by atoms with E-state index in [1.54, 1.807) is 10.9 Å². The maximum Gasteiger partial charge on any atom is 0.261 e. The highest BCUT2D eigenvalue weighted by Crippen LogP contribution is 2.14. The zero-order valence-corrected chi connectivity index (χ0v) is 13.4. The van der Waals surface area contributed by atoms with Gasteiger partial charge in [-0.15, -0.1) is 0 Å². The van der Waals surface area contributed by atoms with E-state index in [2.05, 4.69) is 10.1 Å². The van der Waals surface area contributed by atoms with E-state index in [4.69, 9.17) is 0 Å². The Kier molecular flexibility index (Phi) is 3.56. The molecular weight excluding hydrogens is 276 g/mol. The van der Waals surface area contributed by atoms with Crippen LogP contribution in [0.3, 0.4) is 0 Å². The average Bonchev–Trinajstić information content (AvgIpc) is 2.77. The van der Waals surface area contributed by atoms with Gasteiger partial charge in [0.2, 0.25) is 0 Å². The lowest BCUT2D eigenvalue weighted by Crippen LogP contribution is -2.27. The first-order valence-electron chi connectivity index (χ1n) is 7.45. The van der Waals surface area contributed by atoms with Crippen LogP contribution in [0.5, 0.6) is 0 Å². The summed E-state index contributed by atoms with van der Waals surface area (Å²) in [6.45, 7) is 8.61. The standard InChI is InChI=1S/C17H20N4O/c1-11-6-5-7-15-16(11)17(22)20(10-18-15)14(4)9-21-13(3)8-12(2)19-21/h5-8,10,14H,9H2,1-4H3/t14-/m1/s1. The molecule has 0 spiro atoms. The first-order valence-corrected chi connectivity index (χ1v) is 7.45. The van der Waals surface area contributed by atoms with Gasteiger partial charge in [-0.3, -0.25) is 14.0 Å². The molecule has 22 heavy (non-hydrogen) atoms. The monoisotopic (exact) mass is 296 g/mol. The van der Waals surface area contributed by atoms with Gasteiger partial charge in [0.1, 0.15) is 0 Å². The molecule has 0 N–H and O–H groups in total. The van der Waals surface area contributed by atoms with Crippen LogP contribution in [0, 0.1) is 20.8 Å². The van der Waals surface area contributed by atoms with Crippen LogP contribution in [-0.4, -0.2) is 19.3 Å². The Labute approximate surface area is 129 Å². The lowest BCUT2D eigenvalue weighted by atomic mass is 10.1. The van der Waals surface area contributed by atoms with E-state index >= 15 is 0 Å². The molecule has 0 unspecified atom stereocenters. The molecule has 5 nitrogen and oxygen atoms in total. The third-order valence-electron chi connectivity index (χ3n) is 4.04. The van der Waals surface area contributed by atoms with Gasteiger partial charge in [0.15, 0.2) is 0 Å². The summed E-state index contributed by atoms with van der Waals surface area (Å²) in [5.41, 5.74) is 3.81. The summed E-state index contributed by atoms with van der Waals surface area (Å²) in [4.78, 5) is 17.2. The van der Waals surface area contributed by atoms with Crippen molar-refractivity contribution in [3.05, 3.63) is 57.9 Å². The fourth-order valence-electron chi connectivity index (χ4n) is 2.86. The van der Waals surface area contributed by atoms with Crippen LogP contribution in [0.25, 0.3) is 10.9 Å². The number of aryl methyl sites for hydroxylation is 3. The minimum Gasteiger partial charge on any atom is -0.294 e. The van der Waals surface area contributed by atoms with Crippen molar-refractivity contribution in [2.24, 2.45) is 0 Å². The number of fused-ring (bicyclic) bond motifs is 1. The van der Waals surface area contributed by atoms with Crippen LogP contribution in [0.2, 0.25) is 0 Å². The SMILES string of the molecule is Cc1cc(C)n(C[C@@H](C)n2cnc3cccc(C)c3c2=O)n1. The molecule has 0 aliphatic rings. The molecule has 114 valence electrons. The Bertz CT molecular complexity index is 891. The van der Waals surface area contributed by atoms with Gasteiger partial charge in [0.25, 0.3) is 5.56 Å². The molecule has 0 amide bonds. The van der Waals surface area contributed by atoms with Crippen LogP contribution in [-0.2, 0) is 6.54 Å². The van der Waals surface area contributed by atoms with Crippen LogP contribution in [0.1, 0.15) is 29.9 Å². The van der Waals surface area contributed by atoms with Crippen LogP contribution in [0.15, 0.2) is 35.4 Å². The zero-order chi connectivity index (χ0) is 15.9. The van der Waals surface area contributed by atoms with Gasteiger partial charge >= 0.3 is 0 Å². The molecule has 2 aromatic heterocycles. The van der Waals surface area contributed by atoms with Crippen molar-refractivity contribution in [2.45, 2.75) is 40.3 Å². The van der Waals surface area contributed by atoms with Crippen molar-refractivity contribution in [1.29, 1.82) is 0 Å². The summed E-state index contributed by atoms with van der Waals surface area (Å²) in [6, 6.07) is 7.77. The van der Waals surface area contributed by atoms with Gasteiger partial charge in [-0.2, -0.15) is 5.10 Å². The van der Waals surface area contributed by atoms with Crippen LogP contribution in [0.4, 0.5) is 0 Å². The normalized spacial score (nSPS) is 12.7. The Morgan fingerprint density at radius 3 is 2.68 bits per heavy atom. The average molecular weight is 296 g/mol. The molecule has 0 saturated heterocycles. The minimum atomic E-state index is -0.0120. The van der Waals surface area contributed by atoms with E-state index in [1.165, 1.54) is 0 Å². The highest BCUT2D eigenvalue weighted by atomic mass is 16.1. The molecule has 0 radical (unpaired) electrons. The molecule has 0 bridgehead atoms. The van der Waals surface area contributed by atoms with Crippen LogP contribution < -0.4 is 5.56 Å². The molecule has 0 aliphatic heterocycles. The smallest absolute Gasteiger partial charge is 0.261 e. The molecule has 3 aromatic rings. The first kappa shape index (κ1) is 14.5. The van der Waals surface area contributed by atoms with Crippen molar-refractivity contribution in [3.8, 4) is 0 Å². The highest BCUT2D eigenvalue weighted by Gasteiger charge is 2.13. The van der Waals surface area contributed by atoms with Gasteiger partial charge in [-0.05, 0) is 45.4 Å². The molecule has 1 aromatic carbocycles. The number of hydrogen-bond donors (Lipinski definition) is 0.